The topological polar surface area (TPSA) is 80.4 Å². The summed E-state index contributed by atoms with van der Waals surface area (Å²) in [4.78, 5) is 10.5. The van der Waals surface area contributed by atoms with Gasteiger partial charge in [0.05, 0.1) is 0 Å². The minimum absolute atomic E-state index is 0.0494. The number of carboxylic acid groups (broad SMARTS) is 1. The van der Waals surface area contributed by atoms with Crippen molar-refractivity contribution in [2.75, 3.05) is 5.73 Å². The molecule has 0 saturated carbocycles. The Bertz CT molecular complexity index is 337. The molecular formula is C7H6AsNO3. The summed E-state index contributed by atoms with van der Waals surface area (Å²) in [5.41, 5.74) is 5.60. The van der Waals surface area contributed by atoms with Crippen molar-refractivity contribution in [2.45, 2.75) is 0 Å². The van der Waals surface area contributed by atoms with Crippen LogP contribution in [0.3, 0.4) is 0 Å². The molecule has 0 atom stereocenters. The van der Waals surface area contributed by atoms with E-state index >= 15 is 0 Å². The number of nitrogens with two attached hydrogens (primary N) is 1. The van der Waals surface area contributed by atoms with Gasteiger partial charge in [-0.25, -0.2) is 0 Å². The SMILES string of the molecule is Nc1cc([As]=O)ccc1C(=O)O. The molecule has 0 spiro atoms. The van der Waals surface area contributed by atoms with Gasteiger partial charge >= 0.3 is 74.8 Å². The van der Waals surface area contributed by atoms with Gasteiger partial charge in [-0.2, -0.15) is 0 Å². The van der Waals surface area contributed by atoms with E-state index in [1.54, 1.807) is 0 Å². The molecule has 0 aliphatic carbocycles. The van der Waals surface area contributed by atoms with Crippen molar-refractivity contribution in [3.05, 3.63) is 23.8 Å². The molecule has 0 aliphatic rings. The molecule has 5 heteroatoms. The van der Waals surface area contributed by atoms with Gasteiger partial charge in [-0.3, -0.25) is 0 Å². The van der Waals surface area contributed by atoms with E-state index in [9.17, 15) is 8.53 Å². The van der Waals surface area contributed by atoms with Crippen molar-refractivity contribution >= 4 is 31.7 Å². The third-order valence-corrected chi connectivity index (χ3v) is 2.40. The molecule has 0 amide bonds. The van der Waals surface area contributed by atoms with Gasteiger partial charge in [0.1, 0.15) is 0 Å². The molecular weight excluding hydrogens is 221 g/mol. The fourth-order valence-corrected chi connectivity index (χ4v) is 1.49. The van der Waals surface area contributed by atoms with Crippen LogP contribution in [0.4, 0.5) is 5.69 Å². The Kier molecular flexibility index (Phi) is 2.61. The predicted molar refractivity (Wildman–Crippen MR) is 43.9 cm³/mol. The summed E-state index contributed by atoms with van der Waals surface area (Å²) < 4.78 is 11.0. The monoisotopic (exact) mass is 227 g/mol. The standard InChI is InChI=1S/C7H6AsNO3/c9-6-3-4(8-12)1-2-5(6)7(10)11/h1-3H,9H2,(H,10,11). The normalized spacial score (nSPS) is 10.0. The first kappa shape index (κ1) is 8.94. The van der Waals surface area contributed by atoms with Crippen LogP contribution in [0.15, 0.2) is 18.2 Å². The molecule has 0 heterocycles. The summed E-state index contributed by atoms with van der Waals surface area (Å²) in [6, 6.07) is 4.30. The van der Waals surface area contributed by atoms with Crippen LogP contribution in [0.1, 0.15) is 10.4 Å². The minimum atomic E-state index is -1.13. The zero-order valence-corrected chi connectivity index (χ0v) is 7.90. The number of anilines is 1. The van der Waals surface area contributed by atoms with Crippen molar-refractivity contribution in [3.8, 4) is 0 Å². The van der Waals surface area contributed by atoms with E-state index < -0.39 is 21.7 Å². The Morgan fingerprint density at radius 2 is 2.17 bits per heavy atom. The second-order valence-electron chi connectivity index (χ2n) is 2.17. The first-order valence-electron chi connectivity index (χ1n) is 3.11. The Morgan fingerprint density at radius 1 is 1.50 bits per heavy atom. The fraction of sp³-hybridized carbons (Fsp3) is 0. The van der Waals surface area contributed by atoms with Gasteiger partial charge in [0, 0.05) is 0 Å². The van der Waals surface area contributed by atoms with Gasteiger partial charge in [-0.1, -0.05) is 0 Å². The maximum absolute atomic E-state index is 10.5. The van der Waals surface area contributed by atoms with E-state index in [2.05, 4.69) is 0 Å². The summed E-state index contributed by atoms with van der Waals surface area (Å²) in [5, 5.41) is 8.58. The quantitative estimate of drug-likeness (QED) is 0.534. The Hall–Kier alpha value is -1.15. The van der Waals surface area contributed by atoms with E-state index in [1.165, 1.54) is 18.2 Å². The number of nitrogen functional groups attached to an aromatic ring is 1. The number of carbonyl (C=O) groups is 1. The fourth-order valence-electron chi connectivity index (χ4n) is 0.802. The molecule has 1 aromatic carbocycles. The molecule has 4 nitrogen and oxygen atoms in total. The first-order chi connectivity index (χ1) is 5.65. The zero-order chi connectivity index (χ0) is 9.14. The molecule has 1 rings (SSSR count). The van der Waals surface area contributed by atoms with Crippen molar-refractivity contribution in [3.63, 3.8) is 0 Å². The van der Waals surface area contributed by atoms with Crippen molar-refractivity contribution in [1.82, 2.24) is 0 Å². The molecule has 1 aromatic rings. The summed E-state index contributed by atoms with van der Waals surface area (Å²) in [5.74, 6) is -1.07. The molecule has 0 unspecified atom stereocenters. The molecule has 3 N–H and O–H groups in total. The van der Waals surface area contributed by atoms with Gasteiger partial charge < -0.3 is 0 Å². The van der Waals surface area contributed by atoms with E-state index in [4.69, 9.17) is 10.8 Å². The van der Waals surface area contributed by atoms with Gasteiger partial charge in [0.2, 0.25) is 0 Å². The van der Waals surface area contributed by atoms with Crippen LogP contribution in [-0.4, -0.2) is 26.8 Å². The molecule has 0 radical (unpaired) electrons. The van der Waals surface area contributed by atoms with Gasteiger partial charge in [0.25, 0.3) is 0 Å². The number of aromatic carboxylic acids is 1. The zero-order valence-electron chi connectivity index (χ0n) is 6.02. The van der Waals surface area contributed by atoms with Crippen LogP contribution in [0.25, 0.3) is 0 Å². The third-order valence-electron chi connectivity index (χ3n) is 1.37. The summed E-state index contributed by atoms with van der Waals surface area (Å²) in [7, 11) is 0. The van der Waals surface area contributed by atoms with Crippen LogP contribution >= 0.6 is 0 Å². The van der Waals surface area contributed by atoms with Gasteiger partial charge in [0.15, 0.2) is 0 Å². The summed E-state index contributed by atoms with van der Waals surface area (Å²) >= 11 is -1.13. The molecule has 0 fully saturated rings. The van der Waals surface area contributed by atoms with Crippen molar-refractivity contribution in [2.24, 2.45) is 0 Å². The van der Waals surface area contributed by atoms with Crippen LogP contribution in [0.5, 0.6) is 0 Å². The maximum atomic E-state index is 10.5. The first-order valence-corrected chi connectivity index (χ1v) is 4.82. The van der Waals surface area contributed by atoms with E-state index in [-0.39, 0.29) is 11.3 Å². The van der Waals surface area contributed by atoms with Gasteiger partial charge in [-0.15, -0.1) is 0 Å². The van der Waals surface area contributed by atoms with Crippen molar-refractivity contribution < 1.29 is 13.6 Å². The molecule has 12 heavy (non-hydrogen) atoms. The van der Waals surface area contributed by atoms with Gasteiger partial charge in [-0.05, 0) is 0 Å². The third kappa shape index (κ3) is 1.71. The average molecular weight is 227 g/mol. The van der Waals surface area contributed by atoms with Crippen LogP contribution in [0.2, 0.25) is 0 Å². The molecule has 0 bridgehead atoms. The Morgan fingerprint density at radius 3 is 2.58 bits per heavy atom. The number of rotatable bonds is 2. The molecule has 0 aromatic heterocycles. The summed E-state index contributed by atoms with van der Waals surface area (Å²) in [6.07, 6.45) is 0. The molecule has 0 aliphatic heterocycles. The number of benzene rings is 1. The van der Waals surface area contributed by atoms with E-state index in [0.29, 0.717) is 4.35 Å². The Labute approximate surface area is 75.3 Å². The van der Waals surface area contributed by atoms with Crippen LogP contribution < -0.4 is 10.1 Å². The van der Waals surface area contributed by atoms with Crippen LogP contribution in [-0.2, 0) is 3.74 Å². The average Bonchev–Trinajstić information content (AvgIpc) is 2.03. The second kappa shape index (κ2) is 3.50. The number of hydrogen-bond donors (Lipinski definition) is 2. The number of carboxylic acids is 1. The Balaban J connectivity index is 3.20. The van der Waals surface area contributed by atoms with E-state index in [0.717, 1.165) is 0 Å². The predicted octanol–water partition coefficient (Wildman–Crippen LogP) is -0.358. The van der Waals surface area contributed by atoms with Crippen molar-refractivity contribution in [1.29, 1.82) is 0 Å². The van der Waals surface area contributed by atoms with Crippen LogP contribution in [0, 0.1) is 0 Å². The van der Waals surface area contributed by atoms with E-state index in [1.807, 2.05) is 0 Å². The second-order valence-corrected chi connectivity index (χ2v) is 3.63. The summed E-state index contributed by atoms with van der Waals surface area (Å²) in [6.45, 7) is 0. The molecule has 0 saturated heterocycles. The number of hydrogen-bond acceptors (Lipinski definition) is 3. The molecule has 62 valence electrons.